The van der Waals surface area contributed by atoms with Gasteiger partial charge in [0.2, 0.25) is 0 Å². The maximum atomic E-state index is 11.8. The summed E-state index contributed by atoms with van der Waals surface area (Å²) in [6.07, 6.45) is 0. The zero-order chi connectivity index (χ0) is 13.6. The number of nitrogens with one attached hydrogen (secondary N) is 1. The van der Waals surface area contributed by atoms with Crippen LogP contribution in [0.4, 0.5) is 0 Å². The third-order valence-electron chi connectivity index (χ3n) is 2.61. The molecular formula is C12H27NO3. The minimum absolute atomic E-state index is 0.0810. The fourth-order valence-electron chi connectivity index (χ4n) is 1.10. The third kappa shape index (κ3) is 4.60. The quantitative estimate of drug-likeness (QED) is 0.580. The normalized spacial score (nSPS) is 15.1. The van der Waals surface area contributed by atoms with Crippen molar-refractivity contribution in [3.8, 4) is 0 Å². The molecule has 0 fully saturated rings. The number of Topliss-reactive ketones (excluding diaryl/α,β-unsaturated/α-hetero) is 1. The molecule has 0 aromatic heterocycles. The van der Waals surface area contributed by atoms with Crippen LogP contribution in [0.15, 0.2) is 0 Å². The van der Waals surface area contributed by atoms with Gasteiger partial charge in [-0.15, -0.1) is 0 Å². The Labute approximate surface area is 99.3 Å². The average Bonchev–Trinajstić information content (AvgIpc) is 2.14. The van der Waals surface area contributed by atoms with Gasteiger partial charge in [-0.1, -0.05) is 34.6 Å². The van der Waals surface area contributed by atoms with E-state index in [0.29, 0.717) is 0 Å². The van der Waals surface area contributed by atoms with E-state index in [4.69, 9.17) is 5.26 Å². The maximum Gasteiger partial charge on any atom is 0.170 e. The molecule has 16 heavy (non-hydrogen) atoms. The van der Waals surface area contributed by atoms with E-state index in [0.717, 1.165) is 0 Å². The second kappa shape index (κ2) is 6.99. The van der Waals surface area contributed by atoms with Gasteiger partial charge in [-0.2, -0.15) is 0 Å². The van der Waals surface area contributed by atoms with Crippen LogP contribution in [0.1, 0.15) is 41.5 Å². The maximum absolute atomic E-state index is 11.8. The molecule has 0 spiro atoms. The van der Waals surface area contributed by atoms with Crippen LogP contribution in [-0.2, 0) is 9.68 Å². The number of hydrogen-bond acceptors (Lipinski definition) is 4. The van der Waals surface area contributed by atoms with Crippen molar-refractivity contribution in [2.24, 2.45) is 11.3 Å². The van der Waals surface area contributed by atoms with Gasteiger partial charge in [0, 0.05) is 11.3 Å². The summed E-state index contributed by atoms with van der Waals surface area (Å²) in [5.41, 5.74) is -1.54. The van der Waals surface area contributed by atoms with E-state index in [1.165, 1.54) is 0 Å². The van der Waals surface area contributed by atoms with Gasteiger partial charge < -0.3 is 5.32 Å². The van der Waals surface area contributed by atoms with Crippen LogP contribution in [0.2, 0.25) is 0 Å². The molecular weight excluding hydrogens is 206 g/mol. The minimum atomic E-state index is -1.12. The van der Waals surface area contributed by atoms with Crippen molar-refractivity contribution in [3.05, 3.63) is 0 Å². The van der Waals surface area contributed by atoms with Crippen molar-refractivity contribution in [1.29, 1.82) is 0 Å². The van der Waals surface area contributed by atoms with Crippen LogP contribution in [0.5, 0.6) is 0 Å². The van der Waals surface area contributed by atoms with E-state index >= 15 is 0 Å². The highest BCUT2D eigenvalue weighted by molar-refractivity contribution is 5.89. The summed E-state index contributed by atoms with van der Waals surface area (Å²) in [7, 11) is 3.75. The Bertz CT molecular complexity index is 209. The highest BCUT2D eigenvalue weighted by Gasteiger charge is 2.46. The van der Waals surface area contributed by atoms with Crippen molar-refractivity contribution < 1.29 is 14.9 Å². The number of hydrogen-bond donors (Lipinski definition) is 2. The van der Waals surface area contributed by atoms with Gasteiger partial charge in [-0.3, -0.25) is 10.1 Å². The van der Waals surface area contributed by atoms with Crippen LogP contribution < -0.4 is 5.32 Å². The fraction of sp³-hybridized carbons (Fsp3) is 0.917. The first kappa shape index (κ1) is 17.9. The first-order chi connectivity index (χ1) is 7.08. The van der Waals surface area contributed by atoms with Gasteiger partial charge in [0.05, 0.1) is 0 Å². The Morgan fingerprint density at radius 1 is 1.19 bits per heavy atom. The smallest absolute Gasteiger partial charge is 0.170 e. The van der Waals surface area contributed by atoms with Gasteiger partial charge in [0.25, 0.3) is 0 Å². The lowest BCUT2D eigenvalue weighted by Crippen LogP contribution is -2.50. The van der Waals surface area contributed by atoms with Crippen molar-refractivity contribution in [2.45, 2.75) is 47.1 Å². The predicted octanol–water partition coefficient (Wildman–Crippen LogP) is 2.34. The van der Waals surface area contributed by atoms with Gasteiger partial charge in [-0.25, -0.2) is 4.89 Å². The Morgan fingerprint density at radius 2 is 1.50 bits per heavy atom. The molecule has 0 aromatic carbocycles. The van der Waals surface area contributed by atoms with E-state index in [1.807, 2.05) is 34.9 Å². The molecule has 2 N–H and O–H groups in total. The molecule has 0 aromatic rings. The Balaban J connectivity index is 0. The van der Waals surface area contributed by atoms with Crippen LogP contribution in [-0.4, -0.2) is 30.7 Å². The summed E-state index contributed by atoms with van der Waals surface area (Å²) >= 11 is 0. The average molecular weight is 233 g/mol. The summed E-state index contributed by atoms with van der Waals surface area (Å²) in [5.74, 6) is -0.223. The van der Waals surface area contributed by atoms with Gasteiger partial charge in [0.1, 0.15) is 0 Å². The van der Waals surface area contributed by atoms with E-state index in [1.54, 1.807) is 20.8 Å². The molecule has 4 heteroatoms. The van der Waals surface area contributed by atoms with Crippen molar-refractivity contribution in [2.75, 3.05) is 14.1 Å². The minimum Gasteiger partial charge on any atom is -0.323 e. The zero-order valence-electron chi connectivity index (χ0n) is 11.8. The largest absolute Gasteiger partial charge is 0.323 e. The van der Waals surface area contributed by atoms with Gasteiger partial charge >= 0.3 is 0 Å². The SMILES string of the molecule is CC(C)C(=O)[C@](C)(OO)C(C)(C)C.CNC. The topological polar surface area (TPSA) is 58.6 Å². The second-order valence-electron chi connectivity index (χ2n) is 5.39. The monoisotopic (exact) mass is 233 g/mol. The molecule has 0 aliphatic heterocycles. The molecule has 0 saturated heterocycles. The summed E-state index contributed by atoms with van der Waals surface area (Å²) in [6, 6.07) is 0. The fourth-order valence-corrected chi connectivity index (χ4v) is 1.10. The number of rotatable bonds is 3. The summed E-state index contributed by atoms with van der Waals surface area (Å²) in [5, 5.41) is 11.6. The summed E-state index contributed by atoms with van der Waals surface area (Å²) in [6.45, 7) is 10.8. The third-order valence-corrected chi connectivity index (χ3v) is 2.61. The Kier molecular flexibility index (Phi) is 7.83. The molecule has 98 valence electrons. The number of ketones is 1. The number of carbonyl (C=O) groups is 1. The van der Waals surface area contributed by atoms with E-state index < -0.39 is 11.0 Å². The lowest BCUT2D eigenvalue weighted by Gasteiger charge is -2.38. The summed E-state index contributed by atoms with van der Waals surface area (Å²) < 4.78 is 0. The van der Waals surface area contributed by atoms with E-state index in [2.05, 4.69) is 10.2 Å². The molecule has 0 aliphatic carbocycles. The highest BCUT2D eigenvalue weighted by Crippen LogP contribution is 2.35. The molecule has 1 atom stereocenters. The van der Waals surface area contributed by atoms with Gasteiger partial charge in [0.15, 0.2) is 11.4 Å². The van der Waals surface area contributed by atoms with Crippen molar-refractivity contribution >= 4 is 5.78 Å². The molecule has 0 aliphatic rings. The zero-order valence-corrected chi connectivity index (χ0v) is 11.8. The van der Waals surface area contributed by atoms with Crippen LogP contribution in [0.3, 0.4) is 0 Å². The Morgan fingerprint density at radius 3 is 1.56 bits per heavy atom. The van der Waals surface area contributed by atoms with E-state index in [-0.39, 0.29) is 11.7 Å². The second-order valence-corrected chi connectivity index (χ2v) is 5.39. The molecule has 0 saturated carbocycles. The molecule has 4 nitrogen and oxygen atoms in total. The molecule has 0 heterocycles. The van der Waals surface area contributed by atoms with Crippen LogP contribution in [0, 0.1) is 11.3 Å². The van der Waals surface area contributed by atoms with Crippen LogP contribution in [0.25, 0.3) is 0 Å². The van der Waals surface area contributed by atoms with Crippen molar-refractivity contribution in [1.82, 2.24) is 5.32 Å². The molecule has 0 bridgehead atoms. The molecule has 0 unspecified atom stereocenters. The Hall–Kier alpha value is -0.450. The first-order valence-electron chi connectivity index (χ1n) is 5.53. The lowest BCUT2D eigenvalue weighted by atomic mass is 9.72. The lowest BCUT2D eigenvalue weighted by molar-refractivity contribution is -0.330. The van der Waals surface area contributed by atoms with E-state index in [9.17, 15) is 4.79 Å². The molecule has 0 amide bonds. The van der Waals surface area contributed by atoms with Crippen molar-refractivity contribution in [3.63, 3.8) is 0 Å². The van der Waals surface area contributed by atoms with Crippen LogP contribution >= 0.6 is 0 Å². The molecule has 0 radical (unpaired) electrons. The highest BCUT2D eigenvalue weighted by atomic mass is 17.1. The standard InChI is InChI=1S/C10H20O3.C2H7N/c1-7(2)8(11)10(6,13-12)9(3,4)5;1-3-2/h7,12H,1-6H3;3H,1-2H3/t10-;/m0./s1. The first-order valence-corrected chi connectivity index (χ1v) is 5.53. The van der Waals surface area contributed by atoms with Gasteiger partial charge in [-0.05, 0) is 21.0 Å². The molecule has 0 rings (SSSR count). The number of carbonyl (C=O) groups excluding carboxylic acids is 1. The predicted molar refractivity (Wildman–Crippen MR) is 66.4 cm³/mol. The summed E-state index contributed by atoms with van der Waals surface area (Å²) in [4.78, 5) is 16.1.